The van der Waals surface area contributed by atoms with Gasteiger partial charge in [0.05, 0.1) is 0 Å². The van der Waals surface area contributed by atoms with Crippen molar-refractivity contribution in [1.29, 1.82) is 0 Å². The predicted octanol–water partition coefficient (Wildman–Crippen LogP) is 3.31. The molecular weight excluding hydrogens is 208 g/mol. The smallest absolute Gasteiger partial charge is 0.00201 e. The molecule has 0 heterocycles. The molecule has 17 heavy (non-hydrogen) atoms. The third kappa shape index (κ3) is 4.97. The number of nitrogens with one attached hydrogen (secondary N) is 1. The Morgan fingerprint density at radius 1 is 1.29 bits per heavy atom. The van der Waals surface area contributed by atoms with Gasteiger partial charge in [0.25, 0.3) is 0 Å². The van der Waals surface area contributed by atoms with Crippen LogP contribution in [0.4, 0.5) is 0 Å². The van der Waals surface area contributed by atoms with E-state index in [9.17, 15) is 0 Å². The zero-order valence-corrected chi connectivity index (χ0v) is 11.9. The summed E-state index contributed by atoms with van der Waals surface area (Å²) in [5.41, 5.74) is 6.39. The molecule has 1 unspecified atom stereocenters. The molecule has 1 aliphatic rings. The van der Waals surface area contributed by atoms with Crippen LogP contribution in [-0.4, -0.2) is 19.6 Å². The standard InChI is InChI=1S/C15H32N2/c1-3-5-7-14(4-2)12-17-11-10-15(13-16)8-6-9-15/h14,17H,3-13,16H2,1-2H3. The van der Waals surface area contributed by atoms with E-state index in [1.54, 1.807) is 0 Å². The molecule has 1 aliphatic carbocycles. The fraction of sp³-hybridized carbons (Fsp3) is 1.00. The lowest BCUT2D eigenvalue weighted by atomic mass is 9.67. The highest BCUT2D eigenvalue weighted by Crippen LogP contribution is 2.42. The van der Waals surface area contributed by atoms with Gasteiger partial charge in [-0.25, -0.2) is 0 Å². The van der Waals surface area contributed by atoms with E-state index in [-0.39, 0.29) is 0 Å². The first-order chi connectivity index (χ1) is 8.26. The van der Waals surface area contributed by atoms with Crippen LogP contribution in [0.1, 0.15) is 65.2 Å². The van der Waals surface area contributed by atoms with Crippen LogP contribution in [0.2, 0.25) is 0 Å². The number of hydrogen-bond donors (Lipinski definition) is 2. The van der Waals surface area contributed by atoms with Gasteiger partial charge in [-0.2, -0.15) is 0 Å². The molecule has 0 saturated heterocycles. The quantitative estimate of drug-likeness (QED) is 0.575. The van der Waals surface area contributed by atoms with E-state index in [2.05, 4.69) is 19.2 Å². The minimum atomic E-state index is 0.512. The first-order valence-electron chi connectivity index (χ1n) is 7.67. The third-order valence-electron chi connectivity index (χ3n) is 4.66. The molecule has 2 heteroatoms. The van der Waals surface area contributed by atoms with Crippen molar-refractivity contribution in [3.05, 3.63) is 0 Å². The average Bonchev–Trinajstić information content (AvgIpc) is 2.31. The fourth-order valence-corrected chi connectivity index (χ4v) is 2.84. The summed E-state index contributed by atoms with van der Waals surface area (Å²) in [4.78, 5) is 0. The van der Waals surface area contributed by atoms with Gasteiger partial charge < -0.3 is 11.1 Å². The van der Waals surface area contributed by atoms with E-state index < -0.39 is 0 Å². The van der Waals surface area contributed by atoms with Crippen LogP contribution in [0.15, 0.2) is 0 Å². The van der Waals surface area contributed by atoms with Crippen LogP contribution >= 0.6 is 0 Å². The Labute approximate surface area is 108 Å². The Bertz CT molecular complexity index is 182. The molecule has 1 fully saturated rings. The van der Waals surface area contributed by atoms with Gasteiger partial charge in [0.1, 0.15) is 0 Å². The molecule has 3 N–H and O–H groups in total. The molecule has 0 bridgehead atoms. The highest BCUT2D eigenvalue weighted by atomic mass is 14.9. The maximum Gasteiger partial charge on any atom is -0.00201 e. The van der Waals surface area contributed by atoms with Gasteiger partial charge in [0, 0.05) is 0 Å². The molecule has 1 saturated carbocycles. The zero-order valence-electron chi connectivity index (χ0n) is 11.9. The first kappa shape index (κ1) is 15.0. The summed E-state index contributed by atoms with van der Waals surface area (Å²) >= 11 is 0. The largest absolute Gasteiger partial charge is 0.330 e. The van der Waals surface area contributed by atoms with Crippen molar-refractivity contribution >= 4 is 0 Å². The van der Waals surface area contributed by atoms with Crippen molar-refractivity contribution in [2.45, 2.75) is 65.2 Å². The highest BCUT2D eigenvalue weighted by Gasteiger charge is 2.34. The van der Waals surface area contributed by atoms with E-state index in [0.717, 1.165) is 12.5 Å². The normalized spacial score (nSPS) is 19.9. The summed E-state index contributed by atoms with van der Waals surface area (Å²) in [6, 6.07) is 0. The van der Waals surface area contributed by atoms with Gasteiger partial charge in [0.15, 0.2) is 0 Å². The lowest BCUT2D eigenvalue weighted by molar-refractivity contribution is 0.129. The number of hydrogen-bond acceptors (Lipinski definition) is 2. The molecule has 0 aromatic heterocycles. The van der Waals surface area contributed by atoms with Gasteiger partial charge in [-0.1, -0.05) is 39.5 Å². The number of nitrogens with two attached hydrogens (primary N) is 1. The van der Waals surface area contributed by atoms with Crippen molar-refractivity contribution in [2.75, 3.05) is 19.6 Å². The summed E-state index contributed by atoms with van der Waals surface area (Å²) in [5.74, 6) is 0.880. The second-order valence-electron chi connectivity index (χ2n) is 5.93. The lowest BCUT2D eigenvalue weighted by Crippen LogP contribution is -2.40. The zero-order chi connectivity index (χ0) is 12.6. The SMILES string of the molecule is CCCCC(CC)CNCCC1(CN)CCC1. The molecule has 0 spiro atoms. The van der Waals surface area contributed by atoms with Crippen molar-refractivity contribution in [3.63, 3.8) is 0 Å². The van der Waals surface area contributed by atoms with Crippen molar-refractivity contribution in [3.8, 4) is 0 Å². The van der Waals surface area contributed by atoms with Crippen LogP contribution in [-0.2, 0) is 0 Å². The van der Waals surface area contributed by atoms with Crippen LogP contribution in [0.25, 0.3) is 0 Å². The minimum Gasteiger partial charge on any atom is -0.330 e. The highest BCUT2D eigenvalue weighted by molar-refractivity contribution is 4.88. The van der Waals surface area contributed by atoms with Gasteiger partial charge in [-0.3, -0.25) is 0 Å². The van der Waals surface area contributed by atoms with Gasteiger partial charge in [-0.15, -0.1) is 0 Å². The van der Waals surface area contributed by atoms with Crippen LogP contribution < -0.4 is 11.1 Å². The molecule has 0 radical (unpaired) electrons. The number of rotatable bonds is 10. The molecule has 0 amide bonds. The molecule has 102 valence electrons. The van der Waals surface area contributed by atoms with Crippen molar-refractivity contribution in [2.24, 2.45) is 17.1 Å². The second kappa shape index (κ2) is 8.10. The summed E-state index contributed by atoms with van der Waals surface area (Å²) in [7, 11) is 0. The summed E-state index contributed by atoms with van der Waals surface area (Å²) in [6.07, 6.45) is 10.8. The predicted molar refractivity (Wildman–Crippen MR) is 76.1 cm³/mol. The average molecular weight is 240 g/mol. The molecule has 1 atom stereocenters. The Hall–Kier alpha value is -0.0800. The van der Waals surface area contributed by atoms with Crippen LogP contribution in [0.3, 0.4) is 0 Å². The van der Waals surface area contributed by atoms with Crippen molar-refractivity contribution < 1.29 is 0 Å². The summed E-state index contributed by atoms with van der Waals surface area (Å²) in [5, 5.41) is 3.65. The van der Waals surface area contributed by atoms with Crippen LogP contribution in [0, 0.1) is 11.3 Å². The van der Waals surface area contributed by atoms with Gasteiger partial charge in [0.2, 0.25) is 0 Å². The second-order valence-corrected chi connectivity index (χ2v) is 5.93. The lowest BCUT2D eigenvalue weighted by Gasteiger charge is -2.41. The molecule has 1 rings (SSSR count). The van der Waals surface area contributed by atoms with Gasteiger partial charge >= 0.3 is 0 Å². The molecule has 0 aromatic carbocycles. The van der Waals surface area contributed by atoms with E-state index in [4.69, 9.17) is 5.73 Å². The maximum absolute atomic E-state index is 5.87. The topological polar surface area (TPSA) is 38.0 Å². The Kier molecular flexibility index (Phi) is 7.14. The molecule has 0 aromatic rings. The molecule has 2 nitrogen and oxygen atoms in total. The Morgan fingerprint density at radius 3 is 2.53 bits per heavy atom. The molecule has 0 aliphatic heterocycles. The Balaban J connectivity index is 2.05. The van der Waals surface area contributed by atoms with Gasteiger partial charge in [-0.05, 0) is 56.7 Å². The van der Waals surface area contributed by atoms with E-state index >= 15 is 0 Å². The van der Waals surface area contributed by atoms with E-state index in [1.807, 2.05) is 0 Å². The third-order valence-corrected chi connectivity index (χ3v) is 4.66. The number of unbranched alkanes of at least 4 members (excludes halogenated alkanes) is 1. The monoisotopic (exact) mass is 240 g/mol. The van der Waals surface area contributed by atoms with E-state index in [0.29, 0.717) is 5.41 Å². The Morgan fingerprint density at radius 2 is 2.06 bits per heavy atom. The van der Waals surface area contributed by atoms with Crippen molar-refractivity contribution in [1.82, 2.24) is 5.32 Å². The minimum absolute atomic E-state index is 0.512. The maximum atomic E-state index is 5.87. The summed E-state index contributed by atoms with van der Waals surface area (Å²) in [6.45, 7) is 7.86. The van der Waals surface area contributed by atoms with E-state index in [1.165, 1.54) is 64.5 Å². The molecular formula is C15H32N2. The van der Waals surface area contributed by atoms with Crippen LogP contribution in [0.5, 0.6) is 0 Å². The fourth-order valence-electron chi connectivity index (χ4n) is 2.84. The first-order valence-corrected chi connectivity index (χ1v) is 7.67. The summed E-state index contributed by atoms with van der Waals surface area (Å²) < 4.78 is 0.